The van der Waals surface area contributed by atoms with Crippen LogP contribution in [-0.2, 0) is 6.54 Å². The number of nitrogens with one attached hydrogen (secondary N) is 1. The molecule has 0 radical (unpaired) electrons. The highest BCUT2D eigenvalue weighted by atomic mass is 35.5. The van der Waals surface area contributed by atoms with Crippen molar-refractivity contribution in [1.82, 2.24) is 9.78 Å². The number of nitrogens with two attached hydrogens (primary N) is 1. The van der Waals surface area contributed by atoms with E-state index in [9.17, 15) is 4.79 Å². The number of amides is 1. The van der Waals surface area contributed by atoms with Gasteiger partial charge in [0.1, 0.15) is 11.4 Å². The molecule has 0 unspecified atom stereocenters. The van der Waals surface area contributed by atoms with Crippen molar-refractivity contribution in [2.24, 2.45) is 0 Å². The molecule has 3 N–H and O–H groups in total. The number of rotatable bonds is 5. The molecule has 0 fully saturated rings. The summed E-state index contributed by atoms with van der Waals surface area (Å²) in [4.78, 5) is 12.3. The van der Waals surface area contributed by atoms with Gasteiger partial charge in [-0.2, -0.15) is 5.10 Å². The van der Waals surface area contributed by atoms with Gasteiger partial charge in [-0.25, -0.2) is 0 Å². The van der Waals surface area contributed by atoms with Gasteiger partial charge < -0.3 is 15.8 Å². The van der Waals surface area contributed by atoms with E-state index in [1.807, 2.05) is 13.8 Å². The smallest absolute Gasteiger partial charge is 0.276 e. The number of carbonyl (C=O) groups excluding carboxylic acids is 1. The topological polar surface area (TPSA) is 82.2 Å². The first kappa shape index (κ1) is 15.2. The van der Waals surface area contributed by atoms with E-state index in [1.54, 1.807) is 22.9 Å². The molecule has 7 heteroatoms. The first-order chi connectivity index (χ1) is 10.1. The third kappa shape index (κ3) is 3.28. The lowest BCUT2D eigenvalue weighted by atomic mass is 10.2. The molecule has 0 saturated carbocycles. The van der Waals surface area contributed by atoms with Gasteiger partial charge in [-0.1, -0.05) is 11.6 Å². The quantitative estimate of drug-likeness (QED) is 0.890. The lowest BCUT2D eigenvalue weighted by Gasteiger charge is -2.10. The minimum atomic E-state index is -0.327. The number of benzene rings is 1. The molecular formula is C14H17ClN4O2. The normalized spacial score (nSPS) is 10.4. The number of nitrogen functional groups attached to an aromatic ring is 1. The Labute approximate surface area is 127 Å². The first-order valence-corrected chi connectivity index (χ1v) is 6.99. The van der Waals surface area contributed by atoms with E-state index >= 15 is 0 Å². The number of aryl methyl sites for hydroxylation is 1. The van der Waals surface area contributed by atoms with E-state index in [2.05, 4.69) is 10.4 Å². The standard InChI is InChI=1S/C14H17ClN4O2/c1-3-19-13(11(16)8-17-19)14(20)18-9-5-6-12(21-4-2)10(15)7-9/h5-8H,3-4,16H2,1-2H3,(H,18,20). The molecule has 0 spiro atoms. The van der Waals surface area contributed by atoms with Crippen LogP contribution in [0.15, 0.2) is 24.4 Å². The van der Waals surface area contributed by atoms with Crippen LogP contribution < -0.4 is 15.8 Å². The average Bonchev–Trinajstić information content (AvgIpc) is 2.83. The summed E-state index contributed by atoms with van der Waals surface area (Å²) >= 11 is 6.09. The fraction of sp³-hybridized carbons (Fsp3) is 0.286. The fourth-order valence-electron chi connectivity index (χ4n) is 1.93. The summed E-state index contributed by atoms with van der Waals surface area (Å²) in [6, 6.07) is 5.06. The lowest BCUT2D eigenvalue weighted by molar-refractivity contribution is 0.101. The van der Waals surface area contributed by atoms with Crippen LogP contribution in [0.4, 0.5) is 11.4 Å². The number of nitrogens with zero attached hydrogens (tertiary/aromatic N) is 2. The second-order valence-electron chi connectivity index (χ2n) is 4.30. The monoisotopic (exact) mass is 308 g/mol. The zero-order valence-corrected chi connectivity index (χ0v) is 12.6. The highest BCUT2D eigenvalue weighted by molar-refractivity contribution is 6.32. The Morgan fingerprint density at radius 3 is 2.86 bits per heavy atom. The summed E-state index contributed by atoms with van der Waals surface area (Å²) in [6.45, 7) is 4.85. The Morgan fingerprint density at radius 1 is 1.48 bits per heavy atom. The van der Waals surface area contributed by atoms with Crippen LogP contribution in [0, 0.1) is 0 Å². The van der Waals surface area contributed by atoms with Crippen molar-refractivity contribution < 1.29 is 9.53 Å². The van der Waals surface area contributed by atoms with Crippen molar-refractivity contribution in [3.8, 4) is 5.75 Å². The van der Waals surface area contributed by atoms with Crippen molar-refractivity contribution in [3.05, 3.63) is 35.1 Å². The van der Waals surface area contributed by atoms with Crippen LogP contribution in [0.5, 0.6) is 5.75 Å². The number of halogens is 1. The maximum absolute atomic E-state index is 12.3. The van der Waals surface area contributed by atoms with Gasteiger partial charge in [-0.05, 0) is 32.0 Å². The molecule has 1 amide bonds. The van der Waals surface area contributed by atoms with E-state index < -0.39 is 0 Å². The van der Waals surface area contributed by atoms with Crippen LogP contribution in [0.1, 0.15) is 24.3 Å². The molecule has 0 aliphatic carbocycles. The molecule has 1 aromatic carbocycles. The molecule has 0 aliphatic heterocycles. The van der Waals surface area contributed by atoms with Crippen LogP contribution in [0.3, 0.4) is 0 Å². The van der Waals surface area contributed by atoms with Crippen LogP contribution >= 0.6 is 11.6 Å². The minimum absolute atomic E-state index is 0.327. The number of aromatic nitrogens is 2. The van der Waals surface area contributed by atoms with Crippen molar-refractivity contribution in [1.29, 1.82) is 0 Å². The Kier molecular flexibility index (Phi) is 4.70. The zero-order chi connectivity index (χ0) is 15.4. The Hall–Kier alpha value is -2.21. The van der Waals surface area contributed by atoms with Crippen molar-refractivity contribution in [2.75, 3.05) is 17.7 Å². The number of hydrogen-bond donors (Lipinski definition) is 2. The summed E-state index contributed by atoms with van der Waals surface area (Å²) in [6.07, 6.45) is 1.46. The Bertz CT molecular complexity index is 654. The molecule has 6 nitrogen and oxygen atoms in total. The second-order valence-corrected chi connectivity index (χ2v) is 4.70. The molecule has 1 heterocycles. The third-order valence-corrected chi connectivity index (χ3v) is 3.17. The number of ether oxygens (including phenoxy) is 1. The highest BCUT2D eigenvalue weighted by Gasteiger charge is 2.16. The van der Waals surface area contributed by atoms with Crippen LogP contribution in [-0.4, -0.2) is 22.3 Å². The lowest BCUT2D eigenvalue weighted by Crippen LogP contribution is -2.18. The fourth-order valence-corrected chi connectivity index (χ4v) is 2.16. The number of carbonyl (C=O) groups is 1. The molecule has 2 rings (SSSR count). The van der Waals surface area contributed by atoms with E-state index in [-0.39, 0.29) is 5.91 Å². The summed E-state index contributed by atoms with van der Waals surface area (Å²) in [5, 5.41) is 7.22. The molecule has 1 aromatic heterocycles. The average molecular weight is 309 g/mol. The summed E-state index contributed by atoms with van der Waals surface area (Å²) < 4.78 is 6.89. The predicted molar refractivity (Wildman–Crippen MR) is 82.9 cm³/mol. The predicted octanol–water partition coefficient (Wildman–Crippen LogP) is 2.79. The van der Waals surface area contributed by atoms with E-state index in [4.69, 9.17) is 22.1 Å². The van der Waals surface area contributed by atoms with Gasteiger partial charge >= 0.3 is 0 Å². The Balaban J connectivity index is 2.20. The van der Waals surface area contributed by atoms with E-state index in [0.717, 1.165) is 0 Å². The van der Waals surface area contributed by atoms with Crippen molar-refractivity contribution in [2.45, 2.75) is 20.4 Å². The van der Waals surface area contributed by atoms with Gasteiger partial charge in [0.25, 0.3) is 5.91 Å². The van der Waals surface area contributed by atoms with Gasteiger partial charge in [0, 0.05) is 12.2 Å². The molecular weight excluding hydrogens is 292 g/mol. The first-order valence-electron chi connectivity index (χ1n) is 6.61. The van der Waals surface area contributed by atoms with Crippen LogP contribution in [0.2, 0.25) is 5.02 Å². The molecule has 21 heavy (non-hydrogen) atoms. The van der Waals surface area contributed by atoms with Gasteiger partial charge in [0.15, 0.2) is 0 Å². The van der Waals surface area contributed by atoms with E-state index in [0.29, 0.717) is 41.0 Å². The van der Waals surface area contributed by atoms with Crippen molar-refractivity contribution in [3.63, 3.8) is 0 Å². The largest absolute Gasteiger partial charge is 0.492 e. The van der Waals surface area contributed by atoms with Gasteiger partial charge in [0.05, 0.1) is 23.5 Å². The second kappa shape index (κ2) is 6.49. The summed E-state index contributed by atoms with van der Waals surface area (Å²) in [5.74, 6) is 0.252. The third-order valence-electron chi connectivity index (χ3n) is 2.87. The molecule has 0 aliphatic rings. The maximum Gasteiger partial charge on any atom is 0.276 e. The highest BCUT2D eigenvalue weighted by Crippen LogP contribution is 2.28. The molecule has 0 atom stereocenters. The number of anilines is 2. The zero-order valence-electron chi connectivity index (χ0n) is 11.9. The summed E-state index contributed by atoms with van der Waals surface area (Å²) in [5.41, 5.74) is 7.02. The molecule has 2 aromatic rings. The SMILES string of the molecule is CCOc1ccc(NC(=O)c2c(N)cnn2CC)cc1Cl. The molecule has 0 saturated heterocycles. The van der Waals surface area contributed by atoms with Crippen LogP contribution in [0.25, 0.3) is 0 Å². The molecule has 112 valence electrons. The van der Waals surface area contributed by atoms with E-state index in [1.165, 1.54) is 6.20 Å². The summed E-state index contributed by atoms with van der Waals surface area (Å²) in [7, 11) is 0. The van der Waals surface area contributed by atoms with Gasteiger partial charge in [0.2, 0.25) is 0 Å². The minimum Gasteiger partial charge on any atom is -0.492 e. The number of hydrogen-bond acceptors (Lipinski definition) is 4. The maximum atomic E-state index is 12.3. The Morgan fingerprint density at radius 2 is 2.24 bits per heavy atom. The molecule has 0 bridgehead atoms. The van der Waals surface area contributed by atoms with Gasteiger partial charge in [-0.3, -0.25) is 9.48 Å². The van der Waals surface area contributed by atoms with Crippen molar-refractivity contribution >= 4 is 28.9 Å². The van der Waals surface area contributed by atoms with Gasteiger partial charge in [-0.15, -0.1) is 0 Å².